The molecule has 0 radical (unpaired) electrons. The Morgan fingerprint density at radius 3 is 2.00 bits per heavy atom. The lowest BCUT2D eigenvalue weighted by molar-refractivity contribution is 0.168. The molecule has 0 atom stereocenters. The van der Waals surface area contributed by atoms with Gasteiger partial charge in [-0.1, -0.05) is 36.4 Å². The second-order valence-electron chi connectivity index (χ2n) is 4.57. The summed E-state index contributed by atoms with van der Waals surface area (Å²) in [6.07, 6.45) is -1.33. The van der Waals surface area contributed by atoms with E-state index in [4.69, 9.17) is 9.84 Å². The molecular weight excluding hydrogens is 308 g/mol. The number of ether oxygens (including phenoxy) is 1. The minimum absolute atomic E-state index is 0.388. The number of nitrogens with one attached hydrogen (secondary N) is 1. The average molecular weight is 330 g/mol. The van der Waals surface area contributed by atoms with Crippen molar-refractivity contribution >= 4 is 23.6 Å². The first-order valence-electron chi connectivity index (χ1n) is 7.62. The Labute approximate surface area is 141 Å². The number of hydrogen-bond acceptors (Lipinski definition) is 3. The van der Waals surface area contributed by atoms with E-state index < -0.39 is 12.2 Å². The molecule has 0 spiro atoms. The van der Waals surface area contributed by atoms with Gasteiger partial charge in [0.2, 0.25) is 0 Å². The number of anilines is 2. The Kier molecular flexibility index (Phi) is 8.45. The topological polar surface area (TPSA) is 78.9 Å². The van der Waals surface area contributed by atoms with E-state index in [0.717, 1.165) is 5.69 Å². The van der Waals surface area contributed by atoms with Crippen molar-refractivity contribution in [1.82, 2.24) is 0 Å². The van der Waals surface area contributed by atoms with E-state index in [1.165, 1.54) is 4.90 Å². The average Bonchev–Trinajstić information content (AvgIpc) is 2.58. The normalized spacial score (nSPS) is 9.25. The summed E-state index contributed by atoms with van der Waals surface area (Å²) in [6.45, 7) is 4.43. The molecule has 2 N–H and O–H groups in total. The van der Waals surface area contributed by atoms with Crippen LogP contribution in [0.4, 0.5) is 21.0 Å². The minimum Gasteiger partial charge on any atom is -0.465 e. The zero-order chi connectivity index (χ0) is 17.8. The van der Waals surface area contributed by atoms with Crippen molar-refractivity contribution in [3.63, 3.8) is 0 Å². The van der Waals surface area contributed by atoms with Gasteiger partial charge in [0.1, 0.15) is 0 Å². The number of carbonyl (C=O) groups excluding carboxylic acids is 1. The molecule has 0 aliphatic carbocycles. The zero-order valence-electron chi connectivity index (χ0n) is 13.8. The van der Waals surface area contributed by atoms with Crippen LogP contribution in [0.15, 0.2) is 60.7 Å². The summed E-state index contributed by atoms with van der Waals surface area (Å²) >= 11 is 0. The number of hydrogen-bond donors (Lipinski definition) is 2. The number of para-hydroxylation sites is 2. The first kappa shape index (κ1) is 19.0. The lowest BCUT2D eigenvalue weighted by Gasteiger charge is -2.16. The van der Waals surface area contributed by atoms with E-state index in [-0.39, 0.29) is 0 Å². The fourth-order valence-corrected chi connectivity index (χ4v) is 1.84. The minimum atomic E-state index is -0.913. The van der Waals surface area contributed by atoms with Crippen LogP contribution >= 0.6 is 0 Å². The summed E-state index contributed by atoms with van der Waals surface area (Å²) < 4.78 is 4.70. The molecule has 2 aromatic carbocycles. The fraction of sp³-hybridized carbons (Fsp3) is 0.222. The van der Waals surface area contributed by atoms with E-state index in [2.05, 4.69) is 5.32 Å². The largest absolute Gasteiger partial charge is 0.465 e. The fourth-order valence-electron chi connectivity index (χ4n) is 1.84. The van der Waals surface area contributed by atoms with Gasteiger partial charge in [-0.05, 0) is 38.1 Å². The Morgan fingerprint density at radius 1 is 1.00 bits per heavy atom. The van der Waals surface area contributed by atoms with Gasteiger partial charge in [0.05, 0.1) is 6.61 Å². The van der Waals surface area contributed by atoms with Crippen LogP contribution in [0.25, 0.3) is 0 Å². The third-order valence-corrected chi connectivity index (χ3v) is 2.91. The van der Waals surface area contributed by atoms with Crippen molar-refractivity contribution in [1.29, 1.82) is 0 Å². The third kappa shape index (κ3) is 6.83. The Bertz CT molecular complexity index is 615. The van der Waals surface area contributed by atoms with Crippen molar-refractivity contribution in [2.24, 2.45) is 0 Å². The summed E-state index contributed by atoms with van der Waals surface area (Å²) in [6, 6.07) is 18.2. The van der Waals surface area contributed by atoms with Crippen molar-refractivity contribution < 1.29 is 19.4 Å². The Morgan fingerprint density at radius 2 is 1.54 bits per heavy atom. The molecule has 128 valence electrons. The second kappa shape index (κ2) is 10.7. The highest BCUT2D eigenvalue weighted by Crippen LogP contribution is 2.12. The van der Waals surface area contributed by atoms with Gasteiger partial charge in [0, 0.05) is 17.9 Å². The van der Waals surface area contributed by atoms with Crippen LogP contribution in [-0.2, 0) is 4.74 Å². The molecule has 24 heavy (non-hydrogen) atoms. The maximum atomic E-state index is 10.9. The van der Waals surface area contributed by atoms with E-state index >= 15 is 0 Å². The van der Waals surface area contributed by atoms with Gasteiger partial charge in [0.25, 0.3) is 0 Å². The highest BCUT2D eigenvalue weighted by molar-refractivity contribution is 5.85. The molecule has 0 saturated carbocycles. The number of rotatable bonds is 4. The molecule has 2 aromatic rings. The molecule has 0 heterocycles. The molecule has 2 rings (SSSR count). The van der Waals surface area contributed by atoms with Crippen LogP contribution < -0.4 is 10.2 Å². The number of benzene rings is 2. The molecular formula is C18H22N2O4. The molecule has 0 aliphatic heterocycles. The summed E-state index contributed by atoms with van der Waals surface area (Å²) in [5.41, 5.74) is 1.46. The second-order valence-corrected chi connectivity index (χ2v) is 4.57. The Balaban J connectivity index is 0.000000240. The Hall–Kier alpha value is -3.02. The molecule has 0 aromatic heterocycles. The first-order valence-corrected chi connectivity index (χ1v) is 7.62. The number of nitrogens with zero attached hydrogens (tertiary/aromatic N) is 1. The monoisotopic (exact) mass is 330 g/mol. The van der Waals surface area contributed by atoms with Gasteiger partial charge in [-0.25, -0.2) is 9.59 Å². The van der Waals surface area contributed by atoms with Crippen LogP contribution in [0, 0.1) is 0 Å². The lowest BCUT2D eigenvalue weighted by Crippen LogP contribution is -2.28. The maximum absolute atomic E-state index is 10.9. The van der Waals surface area contributed by atoms with Gasteiger partial charge >= 0.3 is 12.2 Å². The molecule has 0 unspecified atom stereocenters. The third-order valence-electron chi connectivity index (χ3n) is 2.91. The van der Waals surface area contributed by atoms with E-state index in [0.29, 0.717) is 18.8 Å². The van der Waals surface area contributed by atoms with E-state index in [1.54, 1.807) is 38.1 Å². The standard InChI is InChI=1S/2C9H11NO2/c1-2-12-9(11)10-8-6-4-3-5-7-8;1-2-10(9(11)12)8-6-4-3-5-7-8/h3-7H,2H2,1H3,(H,10,11);3-7H,2H2,1H3,(H,11,12). The predicted octanol–water partition coefficient (Wildman–Crippen LogP) is 4.45. The molecule has 6 nitrogen and oxygen atoms in total. The lowest BCUT2D eigenvalue weighted by atomic mass is 10.3. The van der Waals surface area contributed by atoms with Gasteiger partial charge in [0.15, 0.2) is 0 Å². The van der Waals surface area contributed by atoms with Crippen LogP contribution in [0.2, 0.25) is 0 Å². The maximum Gasteiger partial charge on any atom is 0.411 e. The molecule has 0 bridgehead atoms. The molecule has 0 fully saturated rings. The number of amides is 2. The SMILES string of the molecule is CCN(C(=O)O)c1ccccc1.CCOC(=O)Nc1ccccc1. The smallest absolute Gasteiger partial charge is 0.411 e. The van der Waals surface area contributed by atoms with E-state index in [9.17, 15) is 9.59 Å². The summed E-state index contributed by atoms with van der Waals surface area (Å²) in [7, 11) is 0. The molecule has 6 heteroatoms. The zero-order valence-corrected chi connectivity index (χ0v) is 13.8. The summed E-state index contributed by atoms with van der Waals surface area (Å²) in [5, 5.41) is 11.3. The van der Waals surface area contributed by atoms with Gasteiger partial charge in [-0.15, -0.1) is 0 Å². The summed E-state index contributed by atoms with van der Waals surface area (Å²) in [4.78, 5) is 22.8. The number of carbonyl (C=O) groups is 2. The quantitative estimate of drug-likeness (QED) is 0.868. The van der Waals surface area contributed by atoms with Crippen LogP contribution in [0.1, 0.15) is 13.8 Å². The molecule has 0 aliphatic rings. The first-order chi connectivity index (χ1) is 11.6. The van der Waals surface area contributed by atoms with Crippen molar-refractivity contribution in [2.75, 3.05) is 23.4 Å². The number of carboxylic acid groups (broad SMARTS) is 1. The van der Waals surface area contributed by atoms with Crippen LogP contribution in [0.3, 0.4) is 0 Å². The van der Waals surface area contributed by atoms with Crippen molar-refractivity contribution in [2.45, 2.75) is 13.8 Å². The van der Waals surface area contributed by atoms with Crippen LogP contribution in [0.5, 0.6) is 0 Å². The van der Waals surface area contributed by atoms with Gasteiger partial charge in [-0.2, -0.15) is 0 Å². The van der Waals surface area contributed by atoms with Gasteiger partial charge in [-0.3, -0.25) is 10.2 Å². The summed E-state index contributed by atoms with van der Waals surface area (Å²) in [5.74, 6) is 0. The van der Waals surface area contributed by atoms with Gasteiger partial charge < -0.3 is 9.84 Å². The van der Waals surface area contributed by atoms with E-state index in [1.807, 2.05) is 36.4 Å². The highest BCUT2D eigenvalue weighted by atomic mass is 16.5. The highest BCUT2D eigenvalue weighted by Gasteiger charge is 2.09. The molecule has 2 amide bonds. The van der Waals surface area contributed by atoms with Crippen molar-refractivity contribution in [3.8, 4) is 0 Å². The van der Waals surface area contributed by atoms with Crippen LogP contribution in [-0.4, -0.2) is 30.4 Å². The van der Waals surface area contributed by atoms with Crippen molar-refractivity contribution in [3.05, 3.63) is 60.7 Å². The molecule has 0 saturated heterocycles. The predicted molar refractivity (Wildman–Crippen MR) is 94.6 cm³/mol.